The fourth-order valence-electron chi connectivity index (χ4n) is 2.82. The lowest BCUT2D eigenvalue weighted by Crippen LogP contribution is -2.16. The Labute approximate surface area is 139 Å². The van der Waals surface area contributed by atoms with Crippen LogP contribution in [0.2, 0.25) is 0 Å². The van der Waals surface area contributed by atoms with Crippen molar-refractivity contribution in [3.05, 3.63) is 59.2 Å². The minimum atomic E-state index is 0.269. The van der Waals surface area contributed by atoms with E-state index in [1.807, 2.05) is 32.0 Å². The maximum absolute atomic E-state index is 6.05. The highest BCUT2D eigenvalue weighted by molar-refractivity contribution is 5.40. The molecule has 0 saturated heterocycles. The largest absolute Gasteiger partial charge is 0.494 e. The van der Waals surface area contributed by atoms with Gasteiger partial charge in [0.2, 0.25) is 0 Å². The molecular formula is C20H27NO2. The second-order valence-corrected chi connectivity index (χ2v) is 5.64. The molecule has 3 heteroatoms. The highest BCUT2D eigenvalue weighted by atomic mass is 16.5. The van der Waals surface area contributed by atoms with Crippen molar-refractivity contribution in [2.24, 2.45) is 5.73 Å². The topological polar surface area (TPSA) is 44.5 Å². The summed E-state index contributed by atoms with van der Waals surface area (Å²) in [7, 11) is 0. The lowest BCUT2D eigenvalue weighted by atomic mass is 9.90. The Balaban J connectivity index is 2.22. The zero-order valence-corrected chi connectivity index (χ0v) is 14.3. The molecule has 2 N–H and O–H groups in total. The third-order valence-corrected chi connectivity index (χ3v) is 3.99. The molecule has 0 heterocycles. The number of ether oxygens (including phenoxy) is 2. The van der Waals surface area contributed by atoms with Gasteiger partial charge in [0.05, 0.1) is 13.2 Å². The Hall–Kier alpha value is -2.00. The standard InChI is InChI=1S/C20H27NO2/c1-4-22-19-11-10-16(12-15(19)3)18(14-21)13-17-8-6-7-9-20(17)23-5-2/h6-12,18H,4-5,13-14,21H2,1-3H3. The van der Waals surface area contributed by atoms with Crippen molar-refractivity contribution in [1.82, 2.24) is 0 Å². The van der Waals surface area contributed by atoms with Crippen LogP contribution in [-0.4, -0.2) is 19.8 Å². The van der Waals surface area contributed by atoms with E-state index in [0.717, 1.165) is 23.5 Å². The predicted octanol–water partition coefficient (Wildman–Crippen LogP) is 4.08. The molecule has 0 aliphatic rings. The summed E-state index contributed by atoms with van der Waals surface area (Å²) in [5.41, 5.74) is 9.66. The second kappa shape index (κ2) is 8.59. The number of nitrogens with two attached hydrogens (primary N) is 1. The predicted molar refractivity (Wildman–Crippen MR) is 95.5 cm³/mol. The lowest BCUT2D eigenvalue weighted by Gasteiger charge is -2.19. The third kappa shape index (κ3) is 4.49. The fourth-order valence-corrected chi connectivity index (χ4v) is 2.82. The van der Waals surface area contributed by atoms with E-state index in [4.69, 9.17) is 15.2 Å². The van der Waals surface area contributed by atoms with Crippen LogP contribution in [0.25, 0.3) is 0 Å². The minimum absolute atomic E-state index is 0.269. The van der Waals surface area contributed by atoms with E-state index in [0.29, 0.717) is 19.8 Å². The van der Waals surface area contributed by atoms with Crippen molar-refractivity contribution in [3.63, 3.8) is 0 Å². The molecule has 0 aliphatic heterocycles. The van der Waals surface area contributed by atoms with E-state index >= 15 is 0 Å². The molecule has 1 unspecified atom stereocenters. The third-order valence-electron chi connectivity index (χ3n) is 3.99. The van der Waals surface area contributed by atoms with Crippen LogP contribution >= 0.6 is 0 Å². The Bertz CT molecular complexity index is 625. The number of rotatable bonds is 8. The SMILES string of the molecule is CCOc1ccc(C(CN)Cc2ccccc2OCC)cc1C. The van der Waals surface area contributed by atoms with Crippen LogP contribution in [-0.2, 0) is 6.42 Å². The average molecular weight is 313 g/mol. The summed E-state index contributed by atoms with van der Waals surface area (Å²) in [6.07, 6.45) is 0.875. The highest BCUT2D eigenvalue weighted by Gasteiger charge is 2.15. The van der Waals surface area contributed by atoms with Crippen LogP contribution < -0.4 is 15.2 Å². The molecule has 0 amide bonds. The number of para-hydroxylation sites is 1. The van der Waals surface area contributed by atoms with Crippen molar-refractivity contribution >= 4 is 0 Å². The van der Waals surface area contributed by atoms with Gasteiger partial charge in [-0.2, -0.15) is 0 Å². The van der Waals surface area contributed by atoms with Gasteiger partial charge in [-0.15, -0.1) is 0 Å². The van der Waals surface area contributed by atoms with E-state index in [9.17, 15) is 0 Å². The molecule has 0 bridgehead atoms. The van der Waals surface area contributed by atoms with Crippen molar-refractivity contribution in [3.8, 4) is 11.5 Å². The first-order chi connectivity index (χ1) is 11.2. The minimum Gasteiger partial charge on any atom is -0.494 e. The summed E-state index contributed by atoms with van der Waals surface area (Å²) >= 11 is 0. The first-order valence-electron chi connectivity index (χ1n) is 8.33. The van der Waals surface area contributed by atoms with Gasteiger partial charge < -0.3 is 15.2 Å². The monoisotopic (exact) mass is 313 g/mol. The van der Waals surface area contributed by atoms with Gasteiger partial charge in [0.15, 0.2) is 0 Å². The number of benzene rings is 2. The molecule has 3 nitrogen and oxygen atoms in total. The van der Waals surface area contributed by atoms with Gasteiger partial charge in [-0.3, -0.25) is 0 Å². The first kappa shape index (κ1) is 17.4. The van der Waals surface area contributed by atoms with Crippen LogP contribution in [0, 0.1) is 6.92 Å². The van der Waals surface area contributed by atoms with Crippen LogP contribution in [0.3, 0.4) is 0 Å². The Morgan fingerprint density at radius 2 is 1.65 bits per heavy atom. The number of aryl methyl sites for hydroxylation is 1. The van der Waals surface area contributed by atoms with Gasteiger partial charge in [-0.25, -0.2) is 0 Å². The molecule has 124 valence electrons. The van der Waals surface area contributed by atoms with Gasteiger partial charge in [-0.05, 0) is 62.6 Å². The Morgan fingerprint density at radius 1 is 0.957 bits per heavy atom. The van der Waals surface area contributed by atoms with Gasteiger partial charge in [0, 0.05) is 5.92 Å². The van der Waals surface area contributed by atoms with Gasteiger partial charge in [-0.1, -0.05) is 30.3 Å². The van der Waals surface area contributed by atoms with Crippen molar-refractivity contribution < 1.29 is 9.47 Å². The fraction of sp³-hybridized carbons (Fsp3) is 0.400. The van der Waals surface area contributed by atoms with E-state index in [1.54, 1.807) is 0 Å². The quantitative estimate of drug-likeness (QED) is 0.798. The van der Waals surface area contributed by atoms with E-state index in [1.165, 1.54) is 11.1 Å². The maximum atomic E-state index is 6.05. The molecule has 0 fully saturated rings. The second-order valence-electron chi connectivity index (χ2n) is 5.64. The summed E-state index contributed by atoms with van der Waals surface area (Å²) in [6, 6.07) is 14.6. The maximum Gasteiger partial charge on any atom is 0.122 e. The van der Waals surface area contributed by atoms with Gasteiger partial charge in [0.25, 0.3) is 0 Å². The van der Waals surface area contributed by atoms with Crippen molar-refractivity contribution in [2.75, 3.05) is 19.8 Å². The molecule has 2 rings (SSSR count). The van der Waals surface area contributed by atoms with Crippen LogP contribution in [0.1, 0.15) is 36.5 Å². The molecule has 2 aromatic rings. The Morgan fingerprint density at radius 3 is 2.30 bits per heavy atom. The molecule has 0 spiro atoms. The molecule has 1 atom stereocenters. The van der Waals surface area contributed by atoms with E-state index < -0.39 is 0 Å². The molecule has 2 aromatic carbocycles. The Kier molecular flexibility index (Phi) is 6.48. The summed E-state index contributed by atoms with van der Waals surface area (Å²) in [5.74, 6) is 2.17. The van der Waals surface area contributed by atoms with Crippen molar-refractivity contribution in [2.45, 2.75) is 33.1 Å². The molecule has 0 aromatic heterocycles. The summed E-state index contributed by atoms with van der Waals surface area (Å²) in [6.45, 7) is 8.05. The first-order valence-corrected chi connectivity index (χ1v) is 8.33. The smallest absolute Gasteiger partial charge is 0.122 e. The van der Waals surface area contributed by atoms with Gasteiger partial charge >= 0.3 is 0 Å². The zero-order chi connectivity index (χ0) is 16.7. The summed E-state index contributed by atoms with van der Waals surface area (Å²) in [5, 5.41) is 0. The van der Waals surface area contributed by atoms with Crippen molar-refractivity contribution in [1.29, 1.82) is 0 Å². The van der Waals surface area contributed by atoms with Gasteiger partial charge in [0.1, 0.15) is 11.5 Å². The molecule has 0 aliphatic carbocycles. The van der Waals surface area contributed by atoms with Crippen LogP contribution in [0.5, 0.6) is 11.5 Å². The van der Waals surface area contributed by atoms with Crippen LogP contribution in [0.15, 0.2) is 42.5 Å². The number of hydrogen-bond donors (Lipinski definition) is 1. The summed E-state index contributed by atoms with van der Waals surface area (Å²) < 4.78 is 11.4. The summed E-state index contributed by atoms with van der Waals surface area (Å²) in [4.78, 5) is 0. The van der Waals surface area contributed by atoms with Crippen LogP contribution in [0.4, 0.5) is 0 Å². The average Bonchev–Trinajstić information content (AvgIpc) is 2.56. The molecule has 23 heavy (non-hydrogen) atoms. The highest BCUT2D eigenvalue weighted by Crippen LogP contribution is 2.29. The number of hydrogen-bond acceptors (Lipinski definition) is 3. The van der Waals surface area contributed by atoms with E-state index in [2.05, 4.69) is 31.2 Å². The zero-order valence-electron chi connectivity index (χ0n) is 14.3. The molecule has 0 saturated carbocycles. The molecule has 0 radical (unpaired) electrons. The molecular weight excluding hydrogens is 286 g/mol. The normalized spacial score (nSPS) is 12.0. The lowest BCUT2D eigenvalue weighted by molar-refractivity contribution is 0.335. The van der Waals surface area contributed by atoms with E-state index in [-0.39, 0.29) is 5.92 Å².